The van der Waals surface area contributed by atoms with E-state index in [-0.39, 0.29) is 54.6 Å². The highest BCUT2D eigenvalue weighted by Gasteiger charge is 2.45. The van der Waals surface area contributed by atoms with E-state index in [1.807, 2.05) is 24.3 Å². The van der Waals surface area contributed by atoms with Crippen LogP contribution in [0, 0.1) is 5.82 Å². The van der Waals surface area contributed by atoms with Crippen LogP contribution in [0.4, 0.5) is 15.9 Å². The summed E-state index contributed by atoms with van der Waals surface area (Å²) in [6.45, 7) is 4.03. The van der Waals surface area contributed by atoms with Crippen molar-refractivity contribution in [3.63, 3.8) is 0 Å². The lowest BCUT2D eigenvalue weighted by Crippen LogP contribution is -2.54. The maximum absolute atomic E-state index is 15.7. The maximum atomic E-state index is 15.7. The Kier molecular flexibility index (Phi) is 15.5. The van der Waals surface area contributed by atoms with Gasteiger partial charge in [-0.1, -0.05) is 24.3 Å². The molecule has 6 N–H and O–H groups in total. The molecule has 0 bridgehead atoms. The highest BCUT2D eigenvalue weighted by Crippen LogP contribution is 2.38. The second-order valence-electron chi connectivity index (χ2n) is 16.5. The van der Waals surface area contributed by atoms with E-state index in [2.05, 4.69) is 30.6 Å². The normalized spacial score (nSPS) is 16.8. The number of nitrogens with one attached hydrogen (secondary N) is 4. The minimum Gasteiger partial charge on any atom is -0.383 e. The smallest absolute Gasteiger partial charge is 0.264 e. The molecule has 4 aliphatic rings. The molecule has 1 saturated heterocycles. The number of ether oxygens (including phenoxy) is 3. The molecule has 4 aromatic rings. The van der Waals surface area contributed by atoms with Crippen LogP contribution in [0.1, 0.15) is 75.2 Å². The van der Waals surface area contributed by atoms with Gasteiger partial charge >= 0.3 is 0 Å². The number of nitrogens with zero attached hydrogens (tertiary/aromatic N) is 3. The first-order valence-corrected chi connectivity index (χ1v) is 23.3. The second kappa shape index (κ2) is 22.0. The van der Waals surface area contributed by atoms with Crippen LogP contribution in [0.5, 0.6) is 0 Å². The van der Waals surface area contributed by atoms with Crippen molar-refractivity contribution in [2.45, 2.75) is 61.9 Å². The molecular formula is C48H53FN8O9S. The van der Waals surface area contributed by atoms with Crippen LogP contribution in [0.2, 0.25) is 0 Å². The standard InChI is InChI=1S/C48H53FN8O9S/c49-38-27-33(8-10-34(38)31-26-37(44(50)54-28-31)29-5-9-35-30(25-29)13-16-53-45(35)60)67-56(32-6-7-32)18-2-15-52-41(58)14-19-64-21-23-66-24-22-65-20-17-51-39-4-1-3-36-43(39)48(63)57(47(36)62)40-11-12-42(59)55-46(40)61/h1,3-5,8-10,25-28,32,40,51H,2,6-7,11-24H2,(H2,50,54)(H,52,58)(H,53,60)(H,55,59,61). The van der Waals surface area contributed by atoms with E-state index in [1.54, 1.807) is 42.6 Å². The molecule has 1 aliphatic carbocycles. The lowest BCUT2D eigenvalue weighted by Gasteiger charge is -2.27. The fourth-order valence-corrected chi connectivity index (χ4v) is 9.35. The van der Waals surface area contributed by atoms with Gasteiger partial charge in [-0.25, -0.2) is 13.7 Å². The fourth-order valence-electron chi connectivity index (χ4n) is 8.21. The Hall–Kier alpha value is -6.25. The van der Waals surface area contributed by atoms with Crippen LogP contribution in [-0.4, -0.2) is 128 Å². The van der Waals surface area contributed by atoms with Crippen LogP contribution in [0.15, 0.2) is 71.8 Å². The molecule has 3 aliphatic heterocycles. The number of nitrogen functional groups attached to an aromatic ring is 1. The van der Waals surface area contributed by atoms with E-state index >= 15 is 4.39 Å². The van der Waals surface area contributed by atoms with Gasteiger partial charge in [-0.3, -0.25) is 39.0 Å². The van der Waals surface area contributed by atoms with E-state index in [9.17, 15) is 28.8 Å². The van der Waals surface area contributed by atoms with Crippen molar-refractivity contribution in [3.8, 4) is 22.3 Å². The molecule has 352 valence electrons. The summed E-state index contributed by atoms with van der Waals surface area (Å²) in [7, 11) is 0. The molecule has 1 atom stereocenters. The Labute approximate surface area is 391 Å². The van der Waals surface area contributed by atoms with Crippen LogP contribution >= 0.6 is 11.9 Å². The average Bonchev–Trinajstić information content (AvgIpc) is 4.13. The molecule has 17 nitrogen and oxygen atoms in total. The van der Waals surface area contributed by atoms with Crippen molar-refractivity contribution in [3.05, 3.63) is 94.9 Å². The third-order valence-electron chi connectivity index (χ3n) is 11.8. The molecule has 4 heterocycles. The van der Waals surface area contributed by atoms with Gasteiger partial charge in [0, 0.05) is 84.1 Å². The van der Waals surface area contributed by atoms with Gasteiger partial charge in [0.05, 0.1) is 50.8 Å². The molecule has 2 fully saturated rings. The van der Waals surface area contributed by atoms with Gasteiger partial charge in [-0.15, -0.1) is 0 Å². The predicted octanol–water partition coefficient (Wildman–Crippen LogP) is 4.35. The number of fused-ring (bicyclic) bond motifs is 2. The number of rotatable bonds is 23. The molecule has 67 heavy (non-hydrogen) atoms. The second-order valence-corrected chi connectivity index (χ2v) is 17.7. The fraction of sp³-hybridized carbons (Fsp3) is 0.396. The molecule has 1 saturated carbocycles. The Morgan fingerprint density at radius 3 is 2.39 bits per heavy atom. The first-order chi connectivity index (χ1) is 32.5. The number of carbonyl (C=O) groups excluding carboxylic acids is 6. The number of halogens is 1. The lowest BCUT2D eigenvalue weighted by molar-refractivity contribution is -0.136. The van der Waals surface area contributed by atoms with Gasteiger partial charge in [0.1, 0.15) is 17.7 Å². The number of anilines is 2. The van der Waals surface area contributed by atoms with Crippen molar-refractivity contribution >= 4 is 58.9 Å². The van der Waals surface area contributed by atoms with Gasteiger partial charge < -0.3 is 35.9 Å². The Morgan fingerprint density at radius 1 is 0.836 bits per heavy atom. The number of aromatic nitrogens is 1. The summed E-state index contributed by atoms with van der Waals surface area (Å²) in [5, 5.41) is 11.1. The Balaban J connectivity index is 0.673. The summed E-state index contributed by atoms with van der Waals surface area (Å²) in [4.78, 5) is 81.0. The SMILES string of the molecule is Nc1ncc(-c2ccc(SN(CCCNC(=O)CCOCCOCCOCCNc3cccc4c3C(=O)N(C3CCC(=O)NC3=O)C4=O)C3CC3)cc2F)cc1-c1ccc2c(c1)CCNC2=O. The maximum Gasteiger partial charge on any atom is 0.264 e. The molecular weight excluding hydrogens is 884 g/mol. The van der Waals surface area contributed by atoms with Gasteiger partial charge in [0.25, 0.3) is 17.7 Å². The molecule has 19 heteroatoms. The summed E-state index contributed by atoms with van der Waals surface area (Å²) < 4.78 is 34.7. The number of imide groups is 2. The third kappa shape index (κ3) is 11.7. The van der Waals surface area contributed by atoms with Crippen LogP contribution < -0.4 is 27.0 Å². The summed E-state index contributed by atoms with van der Waals surface area (Å²) in [6, 6.07) is 16.9. The first-order valence-electron chi connectivity index (χ1n) is 22.6. The summed E-state index contributed by atoms with van der Waals surface area (Å²) in [5.41, 5.74) is 11.2. The number of pyridine rings is 1. The molecule has 8 rings (SSSR count). The van der Waals surface area contributed by atoms with E-state index < -0.39 is 29.7 Å². The van der Waals surface area contributed by atoms with E-state index in [1.165, 1.54) is 11.9 Å². The Bertz CT molecular complexity index is 2540. The van der Waals surface area contributed by atoms with E-state index in [0.29, 0.717) is 92.5 Å². The minimum atomic E-state index is -1.03. The van der Waals surface area contributed by atoms with Gasteiger partial charge in [0.2, 0.25) is 17.7 Å². The highest BCUT2D eigenvalue weighted by molar-refractivity contribution is 7.97. The van der Waals surface area contributed by atoms with Gasteiger partial charge in [-0.2, -0.15) is 0 Å². The van der Waals surface area contributed by atoms with Crippen molar-refractivity contribution in [1.82, 2.24) is 30.1 Å². The molecule has 0 radical (unpaired) electrons. The van der Waals surface area contributed by atoms with Crippen molar-refractivity contribution in [1.29, 1.82) is 0 Å². The topological polar surface area (TPSA) is 224 Å². The largest absolute Gasteiger partial charge is 0.383 e. The number of hydrogen-bond acceptors (Lipinski definition) is 14. The quantitative estimate of drug-likeness (QED) is 0.0397. The first kappa shape index (κ1) is 47.3. The predicted molar refractivity (Wildman–Crippen MR) is 247 cm³/mol. The third-order valence-corrected chi connectivity index (χ3v) is 13.0. The lowest BCUT2D eigenvalue weighted by atomic mass is 9.94. The van der Waals surface area contributed by atoms with Gasteiger partial charge in [0.15, 0.2) is 0 Å². The van der Waals surface area contributed by atoms with E-state index in [0.717, 1.165) is 53.2 Å². The molecule has 3 aromatic carbocycles. The van der Waals surface area contributed by atoms with Crippen molar-refractivity contribution in [2.24, 2.45) is 0 Å². The number of benzene rings is 3. The van der Waals surface area contributed by atoms with Crippen LogP contribution in [0.3, 0.4) is 0 Å². The number of hydrogen-bond donors (Lipinski definition) is 5. The van der Waals surface area contributed by atoms with Crippen molar-refractivity contribution < 1.29 is 47.4 Å². The molecule has 1 aromatic heterocycles. The zero-order chi connectivity index (χ0) is 46.9. The summed E-state index contributed by atoms with van der Waals surface area (Å²) in [5.74, 6) is -2.47. The number of carbonyl (C=O) groups is 6. The van der Waals surface area contributed by atoms with Crippen LogP contribution in [0.25, 0.3) is 22.3 Å². The minimum absolute atomic E-state index is 0.0495. The number of amides is 6. The highest BCUT2D eigenvalue weighted by atomic mass is 32.2. The molecule has 0 spiro atoms. The summed E-state index contributed by atoms with van der Waals surface area (Å²) in [6.07, 6.45) is 5.52. The number of piperidine rings is 1. The van der Waals surface area contributed by atoms with E-state index in [4.69, 9.17) is 19.9 Å². The van der Waals surface area contributed by atoms with Crippen LogP contribution in [-0.2, 0) is 35.0 Å². The summed E-state index contributed by atoms with van der Waals surface area (Å²) >= 11 is 1.52. The zero-order valence-corrected chi connectivity index (χ0v) is 37.7. The van der Waals surface area contributed by atoms with Gasteiger partial charge in [-0.05, 0) is 91.6 Å². The zero-order valence-electron chi connectivity index (χ0n) is 36.9. The molecule has 6 amide bonds. The Morgan fingerprint density at radius 2 is 1.61 bits per heavy atom. The monoisotopic (exact) mass is 936 g/mol. The molecule has 1 unspecified atom stereocenters. The number of nitrogens with two attached hydrogens (primary N) is 1. The average molecular weight is 937 g/mol. The van der Waals surface area contributed by atoms with Crippen molar-refractivity contribution in [2.75, 3.05) is 76.9 Å².